The minimum absolute atomic E-state index is 0.135. The molecule has 2 unspecified atom stereocenters. The van der Waals surface area contributed by atoms with Crippen molar-refractivity contribution in [3.8, 4) is 0 Å². The fourth-order valence-electron chi connectivity index (χ4n) is 3.65. The zero-order chi connectivity index (χ0) is 14.3. The fourth-order valence-corrected chi connectivity index (χ4v) is 3.65. The van der Waals surface area contributed by atoms with E-state index in [0.29, 0.717) is 17.6 Å². The number of ketones is 1. The molecule has 0 saturated heterocycles. The summed E-state index contributed by atoms with van der Waals surface area (Å²) in [6, 6.07) is 7.95. The summed E-state index contributed by atoms with van der Waals surface area (Å²) in [5, 5.41) is 1.03. The van der Waals surface area contributed by atoms with Gasteiger partial charge in [0.2, 0.25) is 5.78 Å². The van der Waals surface area contributed by atoms with Gasteiger partial charge in [-0.15, -0.1) is 0 Å². The SMILES string of the molecule is Cc1ccc2oc(C(=O)C3CC(C)CC(C)C3)cc2c1. The lowest BCUT2D eigenvalue weighted by molar-refractivity contribution is 0.0809. The first-order chi connectivity index (χ1) is 9.52. The summed E-state index contributed by atoms with van der Waals surface area (Å²) < 4.78 is 5.76. The number of hydrogen-bond donors (Lipinski definition) is 0. The van der Waals surface area contributed by atoms with Crippen molar-refractivity contribution in [2.45, 2.75) is 40.0 Å². The average Bonchev–Trinajstić information content (AvgIpc) is 2.79. The van der Waals surface area contributed by atoms with Crippen LogP contribution in [-0.2, 0) is 0 Å². The summed E-state index contributed by atoms with van der Waals surface area (Å²) in [5.41, 5.74) is 2.01. The minimum atomic E-state index is 0.135. The summed E-state index contributed by atoms with van der Waals surface area (Å²) in [4.78, 5) is 12.7. The van der Waals surface area contributed by atoms with Gasteiger partial charge in [0.25, 0.3) is 0 Å². The van der Waals surface area contributed by atoms with Crippen LogP contribution in [0.1, 0.15) is 49.2 Å². The molecule has 0 aliphatic heterocycles. The molecule has 2 nitrogen and oxygen atoms in total. The Hall–Kier alpha value is -1.57. The third-order valence-electron chi connectivity index (χ3n) is 4.46. The first-order valence-corrected chi connectivity index (χ1v) is 7.57. The molecule has 1 heterocycles. The van der Waals surface area contributed by atoms with Crippen LogP contribution in [0.5, 0.6) is 0 Å². The largest absolute Gasteiger partial charge is 0.453 e. The van der Waals surface area contributed by atoms with Crippen LogP contribution in [0.3, 0.4) is 0 Å². The maximum absolute atomic E-state index is 12.7. The maximum Gasteiger partial charge on any atom is 0.201 e. The minimum Gasteiger partial charge on any atom is -0.453 e. The van der Waals surface area contributed by atoms with E-state index in [1.807, 2.05) is 18.2 Å². The van der Waals surface area contributed by atoms with Gasteiger partial charge in [0.15, 0.2) is 5.76 Å². The van der Waals surface area contributed by atoms with Crippen LogP contribution in [0.15, 0.2) is 28.7 Å². The van der Waals surface area contributed by atoms with Gasteiger partial charge in [-0.3, -0.25) is 4.79 Å². The monoisotopic (exact) mass is 270 g/mol. The van der Waals surface area contributed by atoms with Crippen LogP contribution < -0.4 is 0 Å². The number of carbonyl (C=O) groups is 1. The Balaban J connectivity index is 1.88. The first-order valence-electron chi connectivity index (χ1n) is 7.57. The van der Waals surface area contributed by atoms with Crippen molar-refractivity contribution in [2.75, 3.05) is 0 Å². The van der Waals surface area contributed by atoms with E-state index in [1.165, 1.54) is 12.0 Å². The van der Waals surface area contributed by atoms with Gasteiger partial charge in [-0.2, -0.15) is 0 Å². The Kier molecular flexibility index (Phi) is 3.41. The van der Waals surface area contributed by atoms with Crippen LogP contribution in [0, 0.1) is 24.7 Å². The molecule has 1 aliphatic carbocycles. The van der Waals surface area contributed by atoms with Gasteiger partial charge < -0.3 is 4.42 Å². The third-order valence-corrected chi connectivity index (χ3v) is 4.46. The van der Waals surface area contributed by atoms with Gasteiger partial charge in [-0.1, -0.05) is 25.5 Å². The molecule has 1 aromatic heterocycles. The van der Waals surface area contributed by atoms with E-state index in [1.54, 1.807) is 0 Å². The zero-order valence-corrected chi connectivity index (χ0v) is 12.5. The zero-order valence-electron chi connectivity index (χ0n) is 12.5. The van der Waals surface area contributed by atoms with Crippen LogP contribution in [0.4, 0.5) is 0 Å². The Morgan fingerprint density at radius 3 is 2.50 bits per heavy atom. The van der Waals surface area contributed by atoms with E-state index in [2.05, 4.69) is 26.8 Å². The van der Waals surface area contributed by atoms with Crippen LogP contribution in [0.25, 0.3) is 11.0 Å². The summed E-state index contributed by atoms with van der Waals surface area (Å²) in [6.45, 7) is 6.55. The topological polar surface area (TPSA) is 30.2 Å². The summed E-state index contributed by atoms with van der Waals surface area (Å²) in [7, 11) is 0. The molecule has 0 bridgehead atoms. The maximum atomic E-state index is 12.7. The number of carbonyl (C=O) groups excluding carboxylic acids is 1. The standard InChI is InChI=1S/C18H22O2/c1-11-4-5-16-14(7-11)10-17(20-16)18(19)15-8-12(2)6-13(3)9-15/h4-5,7,10,12-13,15H,6,8-9H2,1-3H3. The molecule has 2 atom stereocenters. The number of aryl methyl sites for hydroxylation is 1. The van der Waals surface area contributed by atoms with Gasteiger partial charge in [-0.25, -0.2) is 0 Å². The number of fused-ring (bicyclic) bond motifs is 1. The normalized spacial score (nSPS) is 26.9. The lowest BCUT2D eigenvalue weighted by Crippen LogP contribution is -2.25. The van der Waals surface area contributed by atoms with Crippen molar-refractivity contribution in [1.82, 2.24) is 0 Å². The number of hydrogen-bond acceptors (Lipinski definition) is 2. The van der Waals surface area contributed by atoms with Crippen molar-refractivity contribution in [2.24, 2.45) is 17.8 Å². The molecule has 3 rings (SSSR count). The smallest absolute Gasteiger partial charge is 0.201 e. The highest BCUT2D eigenvalue weighted by atomic mass is 16.3. The van der Waals surface area contributed by atoms with Crippen molar-refractivity contribution in [3.05, 3.63) is 35.6 Å². The number of rotatable bonds is 2. The van der Waals surface area contributed by atoms with Crippen molar-refractivity contribution >= 4 is 16.8 Å². The van der Waals surface area contributed by atoms with E-state index in [0.717, 1.165) is 23.8 Å². The molecule has 106 valence electrons. The summed E-state index contributed by atoms with van der Waals surface area (Å²) >= 11 is 0. The second-order valence-electron chi connectivity index (χ2n) is 6.63. The van der Waals surface area contributed by atoms with Crippen LogP contribution >= 0.6 is 0 Å². The molecule has 2 aromatic rings. The Labute approximate surface area is 120 Å². The highest BCUT2D eigenvalue weighted by Crippen LogP contribution is 2.35. The highest BCUT2D eigenvalue weighted by Gasteiger charge is 2.31. The van der Waals surface area contributed by atoms with E-state index in [-0.39, 0.29) is 11.7 Å². The predicted molar refractivity (Wildman–Crippen MR) is 81.0 cm³/mol. The highest BCUT2D eigenvalue weighted by molar-refractivity contribution is 5.99. The van der Waals surface area contributed by atoms with Gasteiger partial charge in [0.1, 0.15) is 5.58 Å². The Bertz CT molecular complexity index is 628. The van der Waals surface area contributed by atoms with Gasteiger partial charge in [0, 0.05) is 11.3 Å². The van der Waals surface area contributed by atoms with Crippen molar-refractivity contribution < 1.29 is 9.21 Å². The molecule has 1 aromatic carbocycles. The predicted octanol–water partition coefficient (Wildman–Crippen LogP) is 5.00. The molecule has 0 amide bonds. The van der Waals surface area contributed by atoms with Crippen molar-refractivity contribution in [1.29, 1.82) is 0 Å². The quantitative estimate of drug-likeness (QED) is 0.719. The second-order valence-corrected chi connectivity index (χ2v) is 6.63. The third kappa shape index (κ3) is 2.52. The molecule has 0 radical (unpaired) electrons. The van der Waals surface area contributed by atoms with Crippen molar-refractivity contribution in [3.63, 3.8) is 0 Å². The number of benzene rings is 1. The van der Waals surface area contributed by atoms with Crippen LogP contribution in [0.2, 0.25) is 0 Å². The molecular formula is C18H22O2. The van der Waals surface area contributed by atoms with Gasteiger partial charge >= 0.3 is 0 Å². The number of Topliss-reactive ketones (excluding diaryl/α,β-unsaturated/α-hetero) is 1. The lowest BCUT2D eigenvalue weighted by atomic mass is 9.75. The molecule has 1 saturated carbocycles. The Morgan fingerprint density at radius 2 is 1.80 bits per heavy atom. The molecule has 2 heteroatoms. The average molecular weight is 270 g/mol. The molecule has 1 fully saturated rings. The molecule has 20 heavy (non-hydrogen) atoms. The van der Waals surface area contributed by atoms with Crippen LogP contribution in [-0.4, -0.2) is 5.78 Å². The van der Waals surface area contributed by atoms with E-state index >= 15 is 0 Å². The fraction of sp³-hybridized carbons (Fsp3) is 0.500. The molecular weight excluding hydrogens is 248 g/mol. The first kappa shape index (κ1) is 13.4. The Morgan fingerprint density at radius 1 is 1.10 bits per heavy atom. The van der Waals surface area contributed by atoms with Gasteiger partial charge in [-0.05, 0) is 56.2 Å². The van der Waals surface area contributed by atoms with E-state index < -0.39 is 0 Å². The van der Waals surface area contributed by atoms with E-state index in [4.69, 9.17) is 4.42 Å². The lowest BCUT2D eigenvalue weighted by Gasteiger charge is -2.29. The molecule has 0 spiro atoms. The number of furan rings is 1. The van der Waals surface area contributed by atoms with Gasteiger partial charge in [0.05, 0.1) is 0 Å². The van der Waals surface area contributed by atoms with E-state index in [9.17, 15) is 4.79 Å². The summed E-state index contributed by atoms with van der Waals surface area (Å²) in [6.07, 6.45) is 3.24. The summed E-state index contributed by atoms with van der Waals surface area (Å²) in [5.74, 6) is 2.14. The molecule has 1 aliphatic rings. The molecule has 0 N–H and O–H groups in total. The second kappa shape index (κ2) is 5.08.